The molecule has 0 spiro atoms. The SMILES string of the molecule is Cc1ccc(CNS(=O)(=O)c2cc(-c3cc(C(F)(F)F)[nH]n3)sc2C)o1. The van der Waals surface area contributed by atoms with E-state index in [0.29, 0.717) is 21.3 Å². The molecule has 2 N–H and O–H groups in total. The molecule has 3 heterocycles. The van der Waals surface area contributed by atoms with E-state index in [0.717, 1.165) is 17.4 Å². The van der Waals surface area contributed by atoms with Crippen molar-refractivity contribution in [3.05, 3.63) is 46.4 Å². The molecule has 140 valence electrons. The van der Waals surface area contributed by atoms with Crippen LogP contribution >= 0.6 is 11.3 Å². The zero-order valence-corrected chi connectivity index (χ0v) is 15.3. The van der Waals surface area contributed by atoms with Gasteiger partial charge in [0.25, 0.3) is 0 Å². The lowest BCUT2D eigenvalue weighted by atomic mass is 10.3. The molecule has 3 aromatic rings. The molecule has 0 amide bonds. The third-order valence-corrected chi connectivity index (χ3v) is 6.26. The van der Waals surface area contributed by atoms with Crippen molar-refractivity contribution in [2.45, 2.75) is 31.5 Å². The summed E-state index contributed by atoms with van der Waals surface area (Å²) in [5.41, 5.74) is -0.956. The fraction of sp³-hybridized carbons (Fsp3) is 0.267. The number of aromatic nitrogens is 2. The van der Waals surface area contributed by atoms with Crippen LogP contribution < -0.4 is 4.72 Å². The van der Waals surface area contributed by atoms with E-state index in [1.54, 1.807) is 26.0 Å². The van der Waals surface area contributed by atoms with Crippen LogP contribution in [-0.2, 0) is 22.7 Å². The van der Waals surface area contributed by atoms with Gasteiger partial charge in [0.1, 0.15) is 22.9 Å². The second-order valence-electron chi connectivity index (χ2n) is 5.53. The number of halogens is 3. The Morgan fingerprint density at radius 2 is 2.00 bits per heavy atom. The van der Waals surface area contributed by atoms with Gasteiger partial charge >= 0.3 is 6.18 Å². The maximum absolute atomic E-state index is 12.7. The van der Waals surface area contributed by atoms with E-state index in [-0.39, 0.29) is 17.1 Å². The van der Waals surface area contributed by atoms with E-state index in [4.69, 9.17) is 4.42 Å². The summed E-state index contributed by atoms with van der Waals surface area (Å²) in [4.78, 5) is 0.764. The van der Waals surface area contributed by atoms with Crippen molar-refractivity contribution >= 4 is 21.4 Å². The van der Waals surface area contributed by atoms with Crippen molar-refractivity contribution in [1.82, 2.24) is 14.9 Å². The van der Waals surface area contributed by atoms with Gasteiger partial charge in [-0.15, -0.1) is 11.3 Å². The van der Waals surface area contributed by atoms with Gasteiger partial charge < -0.3 is 4.42 Å². The van der Waals surface area contributed by atoms with Crippen molar-refractivity contribution in [1.29, 1.82) is 0 Å². The minimum Gasteiger partial charge on any atom is -0.465 e. The molecule has 0 aliphatic heterocycles. The van der Waals surface area contributed by atoms with Crippen molar-refractivity contribution in [2.24, 2.45) is 0 Å². The number of H-pyrrole nitrogens is 1. The number of hydrogen-bond acceptors (Lipinski definition) is 5. The first-order valence-electron chi connectivity index (χ1n) is 7.34. The van der Waals surface area contributed by atoms with E-state index < -0.39 is 21.9 Å². The topological polar surface area (TPSA) is 88.0 Å². The monoisotopic (exact) mass is 405 g/mol. The van der Waals surface area contributed by atoms with Crippen LogP contribution in [0.15, 0.2) is 33.6 Å². The normalized spacial score (nSPS) is 12.7. The molecule has 11 heteroatoms. The summed E-state index contributed by atoms with van der Waals surface area (Å²) in [6.07, 6.45) is -4.55. The van der Waals surface area contributed by atoms with Crippen LogP contribution in [0.3, 0.4) is 0 Å². The van der Waals surface area contributed by atoms with Crippen molar-refractivity contribution < 1.29 is 26.0 Å². The highest BCUT2D eigenvalue weighted by atomic mass is 32.2. The molecule has 3 aromatic heterocycles. The first-order chi connectivity index (χ1) is 12.1. The second kappa shape index (κ2) is 6.56. The van der Waals surface area contributed by atoms with E-state index >= 15 is 0 Å². The Morgan fingerprint density at radius 1 is 1.27 bits per heavy atom. The number of sulfonamides is 1. The fourth-order valence-electron chi connectivity index (χ4n) is 2.28. The molecule has 0 saturated heterocycles. The average Bonchev–Trinajstić information content (AvgIpc) is 3.23. The Hall–Kier alpha value is -2.11. The molecular formula is C15H14F3N3O3S2. The van der Waals surface area contributed by atoms with E-state index in [1.807, 2.05) is 5.10 Å². The Morgan fingerprint density at radius 3 is 2.58 bits per heavy atom. The number of nitrogens with one attached hydrogen (secondary N) is 2. The van der Waals surface area contributed by atoms with Gasteiger partial charge in [0.15, 0.2) is 0 Å². The minimum absolute atomic E-state index is 0.00247. The predicted molar refractivity (Wildman–Crippen MR) is 89.1 cm³/mol. The average molecular weight is 405 g/mol. The molecule has 0 aliphatic rings. The zero-order chi connectivity index (χ0) is 19.1. The highest BCUT2D eigenvalue weighted by Gasteiger charge is 2.33. The van der Waals surface area contributed by atoms with Crippen LogP contribution in [0, 0.1) is 13.8 Å². The van der Waals surface area contributed by atoms with Gasteiger partial charge in [-0.05, 0) is 38.1 Å². The molecule has 6 nitrogen and oxygen atoms in total. The van der Waals surface area contributed by atoms with Gasteiger partial charge in [-0.25, -0.2) is 13.1 Å². The number of rotatable bonds is 5. The molecule has 0 aromatic carbocycles. The summed E-state index contributed by atoms with van der Waals surface area (Å²) in [5.74, 6) is 1.12. The van der Waals surface area contributed by atoms with Crippen LogP contribution in [0.1, 0.15) is 22.1 Å². The van der Waals surface area contributed by atoms with Gasteiger partial charge in [-0.2, -0.15) is 18.3 Å². The van der Waals surface area contributed by atoms with Crippen LogP contribution in [0.2, 0.25) is 0 Å². The Labute approximate surface area is 151 Å². The van der Waals surface area contributed by atoms with Crippen LogP contribution in [0.4, 0.5) is 13.2 Å². The summed E-state index contributed by atoms with van der Waals surface area (Å²) in [7, 11) is -3.85. The summed E-state index contributed by atoms with van der Waals surface area (Å²) < 4.78 is 70.7. The minimum atomic E-state index is -4.55. The molecule has 3 rings (SSSR count). The van der Waals surface area contributed by atoms with E-state index in [2.05, 4.69) is 9.82 Å². The van der Waals surface area contributed by atoms with E-state index in [1.165, 1.54) is 6.07 Å². The van der Waals surface area contributed by atoms with Crippen LogP contribution in [0.5, 0.6) is 0 Å². The molecule has 0 aliphatic carbocycles. The van der Waals surface area contributed by atoms with Crippen molar-refractivity contribution in [2.75, 3.05) is 0 Å². The second-order valence-corrected chi connectivity index (χ2v) is 8.52. The molecule has 0 bridgehead atoms. The molecular weight excluding hydrogens is 391 g/mol. The smallest absolute Gasteiger partial charge is 0.432 e. The Bertz CT molecular complexity index is 1030. The number of alkyl halides is 3. The van der Waals surface area contributed by atoms with Gasteiger partial charge in [-0.1, -0.05) is 0 Å². The summed E-state index contributed by atoms with van der Waals surface area (Å²) >= 11 is 1.05. The largest absolute Gasteiger partial charge is 0.465 e. The number of aromatic amines is 1. The Balaban J connectivity index is 1.84. The molecule has 0 atom stereocenters. The predicted octanol–water partition coefficient (Wildman–Crippen LogP) is 3.85. The fourth-order valence-corrected chi connectivity index (χ4v) is 4.82. The number of nitrogens with zero attached hydrogens (tertiary/aromatic N) is 1. The van der Waals surface area contributed by atoms with Crippen molar-refractivity contribution in [3.8, 4) is 10.6 Å². The maximum Gasteiger partial charge on any atom is 0.432 e. The number of aryl methyl sites for hydroxylation is 2. The molecule has 0 fully saturated rings. The third kappa shape index (κ3) is 3.84. The van der Waals surface area contributed by atoms with Crippen LogP contribution in [0.25, 0.3) is 10.6 Å². The molecule has 0 radical (unpaired) electrons. The lowest BCUT2D eigenvalue weighted by Crippen LogP contribution is -2.23. The number of thiophene rings is 1. The Kier molecular flexibility index (Phi) is 4.71. The molecule has 0 saturated carbocycles. The summed E-state index contributed by atoms with van der Waals surface area (Å²) in [6, 6.07) is 5.53. The first kappa shape index (κ1) is 18.7. The highest BCUT2D eigenvalue weighted by molar-refractivity contribution is 7.89. The van der Waals surface area contributed by atoms with Crippen LogP contribution in [-0.4, -0.2) is 18.6 Å². The maximum atomic E-state index is 12.7. The van der Waals surface area contributed by atoms with E-state index in [9.17, 15) is 21.6 Å². The lowest BCUT2D eigenvalue weighted by molar-refractivity contribution is -0.141. The van der Waals surface area contributed by atoms with Crippen molar-refractivity contribution in [3.63, 3.8) is 0 Å². The highest BCUT2D eigenvalue weighted by Crippen LogP contribution is 2.35. The quantitative estimate of drug-likeness (QED) is 0.675. The van der Waals surface area contributed by atoms with Gasteiger partial charge in [0.2, 0.25) is 10.0 Å². The first-order valence-corrected chi connectivity index (χ1v) is 9.64. The summed E-state index contributed by atoms with van der Waals surface area (Å²) in [6.45, 7) is 3.30. The lowest BCUT2D eigenvalue weighted by Gasteiger charge is -2.04. The molecule has 0 unspecified atom stereocenters. The third-order valence-electron chi connectivity index (χ3n) is 3.53. The number of hydrogen-bond donors (Lipinski definition) is 2. The molecule has 26 heavy (non-hydrogen) atoms. The standard InChI is InChI=1S/C15H14F3N3O3S2/c1-8-3-4-10(24-8)7-19-26(22,23)13-6-12(25-9(13)2)11-5-14(21-20-11)15(16,17)18/h3-6,19H,7H2,1-2H3,(H,20,21). The van der Waals surface area contributed by atoms with Gasteiger partial charge in [-0.3, -0.25) is 5.10 Å². The van der Waals surface area contributed by atoms with Gasteiger partial charge in [0.05, 0.1) is 16.3 Å². The summed E-state index contributed by atoms with van der Waals surface area (Å²) in [5, 5.41) is 5.54. The number of furan rings is 1. The van der Waals surface area contributed by atoms with Gasteiger partial charge in [0, 0.05) is 4.88 Å². The zero-order valence-electron chi connectivity index (χ0n) is 13.6.